The van der Waals surface area contributed by atoms with Crippen LogP contribution in [0.4, 0.5) is 0 Å². The molecule has 0 saturated heterocycles. The minimum atomic E-state index is -0.804. The Morgan fingerprint density at radius 1 is 1.28 bits per heavy atom. The highest BCUT2D eigenvalue weighted by molar-refractivity contribution is 5.66. The molecule has 0 spiro atoms. The van der Waals surface area contributed by atoms with Gasteiger partial charge in [0.2, 0.25) is 0 Å². The summed E-state index contributed by atoms with van der Waals surface area (Å²) in [6.45, 7) is 2.16. The molecule has 2 rings (SSSR count). The van der Waals surface area contributed by atoms with Crippen molar-refractivity contribution in [1.82, 2.24) is 0 Å². The van der Waals surface area contributed by atoms with E-state index >= 15 is 0 Å². The van der Waals surface area contributed by atoms with Gasteiger partial charge in [-0.15, -0.1) is 0 Å². The minimum absolute atomic E-state index is 0.124. The van der Waals surface area contributed by atoms with Crippen molar-refractivity contribution in [2.45, 2.75) is 76.3 Å². The van der Waals surface area contributed by atoms with Crippen LogP contribution in [0, 0.1) is 12.8 Å². The number of carbonyl (C=O) groups is 1. The van der Waals surface area contributed by atoms with E-state index in [9.17, 15) is 20.1 Å². The summed E-state index contributed by atoms with van der Waals surface area (Å²) >= 11 is 0. The van der Waals surface area contributed by atoms with Crippen molar-refractivity contribution in [3.05, 3.63) is 47.5 Å². The molecule has 1 aromatic rings. The van der Waals surface area contributed by atoms with Crippen molar-refractivity contribution >= 4 is 5.97 Å². The lowest BCUT2D eigenvalue weighted by molar-refractivity contribution is -0.137. The van der Waals surface area contributed by atoms with Crippen molar-refractivity contribution in [2.24, 2.45) is 5.92 Å². The lowest BCUT2D eigenvalue weighted by Gasteiger charge is -2.24. The number of aliphatic hydroxyl groups excluding tert-OH is 3. The number of ether oxygens (including phenoxy) is 1. The van der Waals surface area contributed by atoms with Crippen molar-refractivity contribution in [1.29, 1.82) is 0 Å². The monoisotopic (exact) mass is 406 g/mol. The maximum Gasteiger partial charge on any atom is 0.303 e. The number of aryl methyl sites for hydroxylation is 2. The molecule has 0 unspecified atom stereocenters. The number of hydrogen-bond acceptors (Lipinski definition) is 5. The van der Waals surface area contributed by atoms with Crippen molar-refractivity contribution in [3.8, 4) is 0 Å². The molecule has 1 aromatic carbocycles. The Morgan fingerprint density at radius 2 is 2.07 bits per heavy atom. The first-order valence-electron chi connectivity index (χ1n) is 10.4. The molecule has 5 atom stereocenters. The summed E-state index contributed by atoms with van der Waals surface area (Å²) in [4.78, 5) is 10.5. The van der Waals surface area contributed by atoms with Crippen LogP contribution >= 0.6 is 0 Å². The van der Waals surface area contributed by atoms with Gasteiger partial charge in [0.05, 0.1) is 31.0 Å². The SMILES string of the molecule is Cc1cccc(CC[C@H](O)CO[C@@H]2[C@@H](C/C=C\CCCC(=O)O)[C@@H](O)C[C@H]2O)c1. The predicted molar refractivity (Wildman–Crippen MR) is 111 cm³/mol. The van der Waals surface area contributed by atoms with Gasteiger partial charge < -0.3 is 25.2 Å². The van der Waals surface area contributed by atoms with Crippen LogP contribution in [0.1, 0.15) is 49.7 Å². The van der Waals surface area contributed by atoms with Crippen LogP contribution < -0.4 is 0 Å². The number of aliphatic carboxylic acids is 1. The molecule has 29 heavy (non-hydrogen) atoms. The van der Waals surface area contributed by atoms with Crippen molar-refractivity contribution in [2.75, 3.05) is 6.61 Å². The first-order valence-corrected chi connectivity index (χ1v) is 10.4. The first kappa shape index (κ1) is 23.5. The highest BCUT2D eigenvalue weighted by atomic mass is 16.5. The number of carboxylic acids is 1. The fourth-order valence-electron chi connectivity index (χ4n) is 3.84. The summed E-state index contributed by atoms with van der Waals surface area (Å²) in [5, 5.41) is 39.4. The summed E-state index contributed by atoms with van der Waals surface area (Å²) in [5.41, 5.74) is 2.36. The quantitative estimate of drug-likeness (QED) is 0.314. The van der Waals surface area contributed by atoms with E-state index in [0.29, 0.717) is 25.7 Å². The smallest absolute Gasteiger partial charge is 0.303 e. The Labute approximate surface area is 172 Å². The van der Waals surface area contributed by atoms with Gasteiger partial charge in [0, 0.05) is 18.8 Å². The molecule has 0 amide bonds. The number of carboxylic acid groups (broad SMARTS) is 1. The Balaban J connectivity index is 1.75. The van der Waals surface area contributed by atoms with Crippen molar-refractivity contribution < 1.29 is 30.0 Å². The van der Waals surface area contributed by atoms with Gasteiger partial charge in [0.15, 0.2) is 0 Å². The molecular formula is C23H34O6. The Kier molecular flexibility index (Phi) is 9.81. The largest absolute Gasteiger partial charge is 0.481 e. The number of allylic oxidation sites excluding steroid dienone is 2. The zero-order chi connectivity index (χ0) is 21.2. The Hall–Kier alpha value is -1.73. The van der Waals surface area contributed by atoms with E-state index in [1.54, 1.807) is 0 Å². The molecule has 1 saturated carbocycles. The topological polar surface area (TPSA) is 107 Å². The molecule has 6 nitrogen and oxygen atoms in total. The third kappa shape index (κ3) is 8.26. The Morgan fingerprint density at radius 3 is 2.79 bits per heavy atom. The van der Waals surface area contributed by atoms with Crippen LogP contribution in [0.3, 0.4) is 0 Å². The average molecular weight is 407 g/mol. The third-order valence-electron chi connectivity index (χ3n) is 5.44. The van der Waals surface area contributed by atoms with Crippen LogP contribution in [0.2, 0.25) is 0 Å². The van der Waals surface area contributed by atoms with Crippen LogP contribution in [0.5, 0.6) is 0 Å². The molecular weight excluding hydrogens is 372 g/mol. The molecule has 6 heteroatoms. The average Bonchev–Trinajstić information content (AvgIpc) is 2.93. The predicted octanol–water partition coefficient (Wildman–Crippen LogP) is 2.62. The number of aliphatic hydroxyl groups is 3. The van der Waals surface area contributed by atoms with Gasteiger partial charge >= 0.3 is 5.97 Å². The molecule has 0 aromatic heterocycles. The Bertz CT molecular complexity index is 659. The number of hydrogen-bond donors (Lipinski definition) is 4. The number of unbranched alkanes of at least 4 members (excludes halogenated alkanes) is 1. The fraction of sp³-hybridized carbons (Fsp3) is 0.609. The zero-order valence-corrected chi connectivity index (χ0v) is 17.1. The van der Waals surface area contributed by atoms with E-state index in [-0.39, 0.29) is 25.4 Å². The fourth-order valence-corrected chi connectivity index (χ4v) is 3.84. The van der Waals surface area contributed by atoms with E-state index in [1.807, 2.05) is 37.3 Å². The molecule has 1 fully saturated rings. The number of rotatable bonds is 12. The molecule has 0 bridgehead atoms. The molecule has 0 heterocycles. The maximum atomic E-state index is 10.5. The number of benzene rings is 1. The summed E-state index contributed by atoms with van der Waals surface area (Å²) in [7, 11) is 0. The van der Waals surface area contributed by atoms with Gasteiger partial charge in [-0.1, -0.05) is 42.0 Å². The second-order valence-corrected chi connectivity index (χ2v) is 8.01. The normalized spacial score (nSPS) is 25.5. The second-order valence-electron chi connectivity index (χ2n) is 8.01. The van der Waals surface area contributed by atoms with Crippen LogP contribution in [0.15, 0.2) is 36.4 Å². The van der Waals surface area contributed by atoms with E-state index in [0.717, 1.165) is 6.42 Å². The van der Waals surface area contributed by atoms with Crippen LogP contribution in [0.25, 0.3) is 0 Å². The highest BCUT2D eigenvalue weighted by Gasteiger charge is 2.42. The van der Waals surface area contributed by atoms with Gasteiger partial charge in [-0.25, -0.2) is 0 Å². The van der Waals surface area contributed by atoms with Gasteiger partial charge in [-0.2, -0.15) is 0 Å². The molecule has 0 aliphatic heterocycles. The molecule has 162 valence electrons. The molecule has 1 aliphatic carbocycles. The van der Waals surface area contributed by atoms with E-state index in [1.165, 1.54) is 11.1 Å². The zero-order valence-electron chi connectivity index (χ0n) is 17.1. The van der Waals surface area contributed by atoms with Crippen molar-refractivity contribution in [3.63, 3.8) is 0 Å². The molecule has 1 aliphatic rings. The lowest BCUT2D eigenvalue weighted by atomic mass is 9.98. The van der Waals surface area contributed by atoms with Crippen LogP contribution in [-0.2, 0) is 16.0 Å². The standard InChI is InChI=1S/C23H34O6/c1-16-7-6-8-17(13-16)11-12-18(24)15-29-23-19(20(25)14-21(23)26)9-4-2-3-5-10-22(27)28/h2,4,6-8,13,18-21,23-26H,3,5,9-12,14-15H2,1H3,(H,27,28)/b4-2-/t18-,19-,20-,21+,23+/m0/s1. The van der Waals surface area contributed by atoms with Gasteiger partial charge in [-0.05, 0) is 44.6 Å². The highest BCUT2D eigenvalue weighted by Crippen LogP contribution is 2.32. The molecule has 4 N–H and O–H groups in total. The second kappa shape index (κ2) is 12.1. The third-order valence-corrected chi connectivity index (χ3v) is 5.44. The summed E-state index contributed by atoms with van der Waals surface area (Å²) in [6, 6.07) is 8.18. The van der Waals surface area contributed by atoms with E-state index in [4.69, 9.17) is 9.84 Å². The summed E-state index contributed by atoms with van der Waals surface area (Å²) in [5.74, 6) is -1.04. The lowest BCUT2D eigenvalue weighted by Crippen LogP contribution is -2.33. The maximum absolute atomic E-state index is 10.5. The van der Waals surface area contributed by atoms with Gasteiger partial charge in [-0.3, -0.25) is 4.79 Å². The van der Waals surface area contributed by atoms with Gasteiger partial charge in [0.1, 0.15) is 0 Å². The minimum Gasteiger partial charge on any atom is -0.481 e. The summed E-state index contributed by atoms with van der Waals surface area (Å²) < 4.78 is 5.81. The van der Waals surface area contributed by atoms with Gasteiger partial charge in [0.25, 0.3) is 0 Å². The van der Waals surface area contributed by atoms with E-state index in [2.05, 4.69) is 6.07 Å². The van der Waals surface area contributed by atoms with E-state index < -0.39 is 30.4 Å². The van der Waals surface area contributed by atoms with Crippen LogP contribution in [-0.4, -0.2) is 57.4 Å². The molecule has 0 radical (unpaired) electrons. The summed E-state index contributed by atoms with van der Waals surface area (Å²) in [6.07, 6.45) is 4.81. The first-order chi connectivity index (χ1) is 13.9.